The van der Waals surface area contributed by atoms with Crippen LogP contribution < -0.4 is 10.3 Å². The Morgan fingerprint density at radius 2 is 1.96 bits per heavy atom. The molecular weight excluding hydrogens is 323 g/mol. The first kappa shape index (κ1) is 15.9. The standard InChI is InChI=1S/C19H19FN2O3/c20-15-4-1-2-6-17(15)25-12-19(24)21-9-13-8-14(11-21)16-5-3-7-18(23)22(16)10-13/h1-7,13-14H,8-12H2/t13-,14-/m1/s1. The Labute approximate surface area is 144 Å². The normalized spacial score (nSPS) is 21.6. The average molecular weight is 342 g/mol. The molecule has 0 radical (unpaired) electrons. The number of aromatic nitrogens is 1. The molecule has 1 aromatic heterocycles. The number of amides is 1. The number of fused-ring (bicyclic) bond motifs is 4. The molecule has 1 saturated heterocycles. The third-order valence-electron chi connectivity index (χ3n) is 5.02. The largest absolute Gasteiger partial charge is 0.481 e. The molecule has 2 aromatic rings. The molecular formula is C19H19FN2O3. The minimum atomic E-state index is -0.473. The highest BCUT2D eigenvalue weighted by Crippen LogP contribution is 2.34. The highest BCUT2D eigenvalue weighted by atomic mass is 19.1. The zero-order chi connectivity index (χ0) is 17.4. The Balaban J connectivity index is 1.46. The molecule has 1 fully saturated rings. The summed E-state index contributed by atoms with van der Waals surface area (Å²) in [6.45, 7) is 1.64. The molecule has 1 aromatic carbocycles. The number of nitrogens with zero attached hydrogens (tertiary/aromatic N) is 2. The zero-order valence-electron chi connectivity index (χ0n) is 13.7. The summed E-state index contributed by atoms with van der Waals surface area (Å²) in [6, 6.07) is 11.4. The van der Waals surface area contributed by atoms with Gasteiger partial charge in [-0.2, -0.15) is 0 Å². The molecule has 0 N–H and O–H groups in total. The van der Waals surface area contributed by atoms with E-state index in [1.807, 2.05) is 10.6 Å². The van der Waals surface area contributed by atoms with Crippen LogP contribution in [0, 0.1) is 11.7 Å². The van der Waals surface area contributed by atoms with Gasteiger partial charge in [0.2, 0.25) is 0 Å². The van der Waals surface area contributed by atoms with Gasteiger partial charge < -0.3 is 14.2 Å². The maximum atomic E-state index is 13.6. The lowest BCUT2D eigenvalue weighted by Gasteiger charge is -2.42. The first-order valence-corrected chi connectivity index (χ1v) is 8.46. The molecule has 0 saturated carbocycles. The van der Waals surface area contributed by atoms with Crippen molar-refractivity contribution >= 4 is 5.91 Å². The van der Waals surface area contributed by atoms with Crippen molar-refractivity contribution in [2.24, 2.45) is 5.92 Å². The van der Waals surface area contributed by atoms with Gasteiger partial charge >= 0.3 is 0 Å². The quantitative estimate of drug-likeness (QED) is 0.857. The summed E-state index contributed by atoms with van der Waals surface area (Å²) in [5, 5.41) is 0. The van der Waals surface area contributed by atoms with E-state index in [0.29, 0.717) is 19.6 Å². The van der Waals surface area contributed by atoms with Crippen molar-refractivity contribution in [2.75, 3.05) is 19.7 Å². The molecule has 2 atom stereocenters. The van der Waals surface area contributed by atoms with Crippen molar-refractivity contribution in [3.05, 3.63) is 64.3 Å². The number of carbonyl (C=O) groups excluding carboxylic acids is 1. The van der Waals surface area contributed by atoms with Crippen LogP contribution in [-0.2, 0) is 11.3 Å². The van der Waals surface area contributed by atoms with Gasteiger partial charge in [-0.1, -0.05) is 18.2 Å². The van der Waals surface area contributed by atoms with Crippen molar-refractivity contribution in [1.29, 1.82) is 0 Å². The molecule has 3 heterocycles. The van der Waals surface area contributed by atoms with Gasteiger partial charge in [0, 0.05) is 37.3 Å². The minimum absolute atomic E-state index is 0.0230. The lowest BCUT2D eigenvalue weighted by atomic mass is 9.83. The fourth-order valence-corrected chi connectivity index (χ4v) is 3.89. The summed E-state index contributed by atoms with van der Waals surface area (Å²) < 4.78 is 20.8. The Morgan fingerprint density at radius 1 is 1.12 bits per heavy atom. The van der Waals surface area contributed by atoms with Crippen LogP contribution in [0.5, 0.6) is 5.75 Å². The van der Waals surface area contributed by atoms with E-state index in [-0.39, 0.29) is 35.7 Å². The highest BCUT2D eigenvalue weighted by molar-refractivity contribution is 5.78. The van der Waals surface area contributed by atoms with E-state index < -0.39 is 5.82 Å². The van der Waals surface area contributed by atoms with Crippen molar-refractivity contribution in [3.63, 3.8) is 0 Å². The predicted molar refractivity (Wildman–Crippen MR) is 90.0 cm³/mol. The van der Waals surface area contributed by atoms with Crippen molar-refractivity contribution in [1.82, 2.24) is 9.47 Å². The Hall–Kier alpha value is -2.63. The summed E-state index contributed by atoms with van der Waals surface area (Å²) in [6.07, 6.45) is 0.988. The van der Waals surface area contributed by atoms with Crippen LogP contribution in [-0.4, -0.2) is 35.1 Å². The van der Waals surface area contributed by atoms with Crippen molar-refractivity contribution in [3.8, 4) is 5.75 Å². The fraction of sp³-hybridized carbons (Fsp3) is 0.368. The molecule has 6 heteroatoms. The van der Waals surface area contributed by atoms with E-state index in [2.05, 4.69) is 0 Å². The first-order chi connectivity index (χ1) is 12.1. The van der Waals surface area contributed by atoms with E-state index in [1.54, 1.807) is 29.2 Å². The molecule has 5 nitrogen and oxygen atoms in total. The maximum absolute atomic E-state index is 13.6. The fourth-order valence-electron chi connectivity index (χ4n) is 3.89. The SMILES string of the molecule is O=C(COc1ccccc1F)N1C[C@H]2C[C@H](C1)c1cccc(=O)n1C2. The number of benzene rings is 1. The number of carbonyl (C=O) groups is 1. The Bertz CT molecular complexity index is 864. The van der Waals surface area contributed by atoms with Gasteiger partial charge in [0.05, 0.1) is 0 Å². The molecule has 4 rings (SSSR count). The molecule has 1 amide bonds. The third-order valence-corrected chi connectivity index (χ3v) is 5.02. The molecule has 0 aliphatic carbocycles. The van der Waals surface area contributed by atoms with Crippen LogP contribution in [0.15, 0.2) is 47.3 Å². The Kier molecular flexibility index (Phi) is 4.03. The molecule has 25 heavy (non-hydrogen) atoms. The first-order valence-electron chi connectivity index (χ1n) is 8.46. The van der Waals surface area contributed by atoms with Gasteiger partial charge in [-0.3, -0.25) is 9.59 Å². The summed E-state index contributed by atoms with van der Waals surface area (Å²) in [7, 11) is 0. The van der Waals surface area contributed by atoms with Crippen LogP contribution in [0.25, 0.3) is 0 Å². The number of ether oxygens (including phenoxy) is 1. The summed E-state index contributed by atoms with van der Waals surface area (Å²) in [5.74, 6) is -0.101. The van der Waals surface area contributed by atoms with Gasteiger partial charge in [0.25, 0.3) is 11.5 Å². The lowest BCUT2D eigenvalue weighted by Crippen LogP contribution is -2.50. The van der Waals surface area contributed by atoms with Gasteiger partial charge in [0.1, 0.15) is 0 Å². The number of para-hydroxylation sites is 1. The summed E-state index contributed by atoms with van der Waals surface area (Å²) >= 11 is 0. The van der Waals surface area contributed by atoms with Gasteiger partial charge in [-0.05, 0) is 30.5 Å². The van der Waals surface area contributed by atoms with Crippen LogP contribution >= 0.6 is 0 Å². The van der Waals surface area contributed by atoms with E-state index in [1.165, 1.54) is 12.1 Å². The van der Waals surface area contributed by atoms with E-state index in [4.69, 9.17) is 4.74 Å². The number of hydrogen-bond donors (Lipinski definition) is 0. The zero-order valence-corrected chi connectivity index (χ0v) is 13.7. The van der Waals surface area contributed by atoms with Crippen LogP contribution in [0.3, 0.4) is 0 Å². The molecule has 130 valence electrons. The third kappa shape index (κ3) is 3.04. The second kappa shape index (κ2) is 6.35. The topological polar surface area (TPSA) is 51.5 Å². The van der Waals surface area contributed by atoms with E-state index in [9.17, 15) is 14.0 Å². The van der Waals surface area contributed by atoms with E-state index in [0.717, 1.165) is 12.1 Å². The number of hydrogen-bond acceptors (Lipinski definition) is 3. The maximum Gasteiger partial charge on any atom is 0.260 e. The van der Waals surface area contributed by atoms with Gasteiger partial charge in [0.15, 0.2) is 18.2 Å². The molecule has 2 aliphatic rings. The van der Waals surface area contributed by atoms with Crippen LogP contribution in [0.4, 0.5) is 4.39 Å². The summed E-state index contributed by atoms with van der Waals surface area (Å²) in [4.78, 5) is 26.3. The Morgan fingerprint density at radius 3 is 2.80 bits per heavy atom. The van der Waals surface area contributed by atoms with E-state index >= 15 is 0 Å². The van der Waals surface area contributed by atoms with Crippen LogP contribution in [0.2, 0.25) is 0 Å². The van der Waals surface area contributed by atoms with Crippen molar-refractivity contribution in [2.45, 2.75) is 18.9 Å². The average Bonchev–Trinajstić information content (AvgIpc) is 2.61. The summed E-state index contributed by atoms with van der Waals surface area (Å²) in [5.41, 5.74) is 1.02. The van der Waals surface area contributed by atoms with Crippen molar-refractivity contribution < 1.29 is 13.9 Å². The minimum Gasteiger partial charge on any atom is -0.481 e. The number of likely N-dealkylation sites (tertiary alicyclic amines) is 1. The lowest BCUT2D eigenvalue weighted by molar-refractivity contribution is -0.136. The van der Waals surface area contributed by atoms with Crippen LogP contribution in [0.1, 0.15) is 18.0 Å². The predicted octanol–water partition coefficient (Wildman–Crippen LogP) is 2.01. The smallest absolute Gasteiger partial charge is 0.260 e. The number of pyridine rings is 1. The highest BCUT2D eigenvalue weighted by Gasteiger charge is 2.36. The van der Waals surface area contributed by atoms with Gasteiger partial charge in [-0.25, -0.2) is 4.39 Å². The number of halogens is 1. The number of piperidine rings is 1. The second-order valence-corrected chi connectivity index (χ2v) is 6.72. The second-order valence-electron chi connectivity index (χ2n) is 6.72. The molecule has 0 spiro atoms. The monoisotopic (exact) mass is 342 g/mol. The molecule has 0 unspecified atom stereocenters. The van der Waals surface area contributed by atoms with Gasteiger partial charge in [-0.15, -0.1) is 0 Å². The molecule has 2 bridgehead atoms. The molecule has 2 aliphatic heterocycles. The number of rotatable bonds is 3.